The van der Waals surface area contributed by atoms with Crippen LogP contribution in [0.15, 0.2) is 5.38 Å². The maximum Gasteiger partial charge on any atom is 0.182 e. The average molecular weight is 254 g/mol. The van der Waals surface area contributed by atoms with E-state index in [1.807, 2.05) is 0 Å². The zero-order chi connectivity index (χ0) is 12.1. The summed E-state index contributed by atoms with van der Waals surface area (Å²) in [6.45, 7) is 2.75. The molecule has 1 aromatic rings. The maximum atomic E-state index is 10.5. The third-order valence-electron chi connectivity index (χ3n) is 3.52. The molecule has 1 saturated carbocycles. The molecule has 3 nitrogen and oxygen atoms in total. The van der Waals surface area contributed by atoms with Gasteiger partial charge in [0.1, 0.15) is 0 Å². The van der Waals surface area contributed by atoms with Crippen molar-refractivity contribution in [1.82, 2.24) is 4.98 Å². The quantitative estimate of drug-likeness (QED) is 0.811. The number of hydrogen-bond acceptors (Lipinski definition) is 4. The second-order valence-corrected chi connectivity index (χ2v) is 5.85. The van der Waals surface area contributed by atoms with E-state index in [2.05, 4.69) is 22.6 Å². The van der Waals surface area contributed by atoms with Crippen LogP contribution in [0.25, 0.3) is 0 Å². The van der Waals surface area contributed by atoms with E-state index in [4.69, 9.17) is 0 Å². The lowest BCUT2D eigenvalue weighted by atomic mass is 9.95. The molecule has 0 radical (unpaired) electrons. The molecule has 1 fully saturated rings. The molecule has 0 spiro atoms. The Bertz CT molecular complexity index is 343. The Morgan fingerprint density at radius 2 is 2.06 bits per heavy atom. The van der Waals surface area contributed by atoms with E-state index in [-0.39, 0.29) is 0 Å². The second kappa shape index (κ2) is 5.83. The molecule has 0 amide bonds. The van der Waals surface area contributed by atoms with Crippen molar-refractivity contribution in [1.29, 1.82) is 0 Å². The standard InChI is InChI=1S/C13H22N2OS/c1-2-11-9-17-12(15-11)14-10-13(16)7-5-3-4-6-8-13/h9,16H,2-8,10H2,1H3,(H,14,15). The van der Waals surface area contributed by atoms with Crippen LogP contribution >= 0.6 is 11.3 Å². The molecule has 0 saturated heterocycles. The minimum atomic E-state index is -0.519. The van der Waals surface area contributed by atoms with E-state index in [0.717, 1.165) is 42.9 Å². The van der Waals surface area contributed by atoms with Gasteiger partial charge in [0.25, 0.3) is 0 Å². The van der Waals surface area contributed by atoms with Crippen LogP contribution in [0.5, 0.6) is 0 Å². The predicted molar refractivity (Wildman–Crippen MR) is 72.6 cm³/mol. The molecule has 0 atom stereocenters. The van der Waals surface area contributed by atoms with E-state index in [1.54, 1.807) is 11.3 Å². The van der Waals surface area contributed by atoms with Gasteiger partial charge < -0.3 is 10.4 Å². The number of thiazole rings is 1. The minimum Gasteiger partial charge on any atom is -0.388 e. The third kappa shape index (κ3) is 3.68. The number of aromatic nitrogens is 1. The lowest BCUT2D eigenvalue weighted by Gasteiger charge is -2.26. The van der Waals surface area contributed by atoms with Crippen molar-refractivity contribution in [3.63, 3.8) is 0 Å². The van der Waals surface area contributed by atoms with Crippen LogP contribution in [0.3, 0.4) is 0 Å². The first kappa shape index (κ1) is 12.8. The highest BCUT2D eigenvalue weighted by molar-refractivity contribution is 7.13. The maximum absolute atomic E-state index is 10.5. The summed E-state index contributed by atoms with van der Waals surface area (Å²) in [5, 5.41) is 16.8. The number of nitrogens with one attached hydrogen (secondary N) is 1. The van der Waals surface area contributed by atoms with Gasteiger partial charge in [0.05, 0.1) is 11.3 Å². The second-order valence-electron chi connectivity index (χ2n) is 4.99. The lowest BCUT2D eigenvalue weighted by molar-refractivity contribution is 0.0381. The summed E-state index contributed by atoms with van der Waals surface area (Å²) in [7, 11) is 0. The van der Waals surface area contributed by atoms with Gasteiger partial charge in [-0.05, 0) is 19.3 Å². The van der Waals surface area contributed by atoms with Crippen molar-refractivity contribution in [2.45, 2.75) is 57.5 Å². The monoisotopic (exact) mass is 254 g/mol. The summed E-state index contributed by atoms with van der Waals surface area (Å²) >= 11 is 1.63. The molecule has 2 N–H and O–H groups in total. The largest absolute Gasteiger partial charge is 0.388 e. The first-order chi connectivity index (χ1) is 8.22. The number of nitrogens with zero attached hydrogens (tertiary/aromatic N) is 1. The van der Waals surface area contributed by atoms with E-state index < -0.39 is 5.60 Å². The fraction of sp³-hybridized carbons (Fsp3) is 0.769. The molecular weight excluding hydrogens is 232 g/mol. The molecule has 1 aliphatic carbocycles. The lowest BCUT2D eigenvalue weighted by Crippen LogP contribution is -2.36. The zero-order valence-electron chi connectivity index (χ0n) is 10.5. The Balaban J connectivity index is 1.87. The van der Waals surface area contributed by atoms with Gasteiger partial charge in [0.15, 0.2) is 5.13 Å². The van der Waals surface area contributed by atoms with Crippen LogP contribution in [-0.4, -0.2) is 22.2 Å². The first-order valence-corrected chi connectivity index (χ1v) is 7.50. The molecule has 0 bridgehead atoms. The van der Waals surface area contributed by atoms with Crippen LogP contribution in [-0.2, 0) is 6.42 Å². The van der Waals surface area contributed by atoms with Gasteiger partial charge >= 0.3 is 0 Å². The average Bonchev–Trinajstić information content (AvgIpc) is 2.69. The molecule has 1 heterocycles. The van der Waals surface area contributed by atoms with Crippen LogP contribution in [0, 0.1) is 0 Å². The number of hydrogen-bond donors (Lipinski definition) is 2. The van der Waals surface area contributed by atoms with Gasteiger partial charge in [-0.2, -0.15) is 0 Å². The molecule has 1 aromatic heterocycles. The zero-order valence-corrected chi connectivity index (χ0v) is 11.4. The molecule has 0 aromatic carbocycles. The highest BCUT2D eigenvalue weighted by Crippen LogP contribution is 2.27. The van der Waals surface area contributed by atoms with Gasteiger partial charge in [0.2, 0.25) is 0 Å². The third-order valence-corrected chi connectivity index (χ3v) is 4.37. The molecule has 4 heteroatoms. The summed E-state index contributed by atoms with van der Waals surface area (Å²) in [5.41, 5.74) is 0.611. The van der Waals surface area contributed by atoms with Crippen LogP contribution in [0.4, 0.5) is 5.13 Å². The molecule has 2 rings (SSSR count). The molecule has 96 valence electrons. The number of rotatable bonds is 4. The van der Waals surface area contributed by atoms with E-state index in [9.17, 15) is 5.11 Å². The van der Waals surface area contributed by atoms with Crippen LogP contribution in [0.1, 0.15) is 51.1 Å². The fourth-order valence-electron chi connectivity index (χ4n) is 2.35. The Morgan fingerprint density at radius 3 is 2.65 bits per heavy atom. The summed E-state index contributed by atoms with van der Waals surface area (Å²) in [6.07, 6.45) is 7.64. The smallest absolute Gasteiger partial charge is 0.182 e. The molecule has 1 aliphatic rings. The Kier molecular flexibility index (Phi) is 4.40. The van der Waals surface area contributed by atoms with Crippen molar-refractivity contribution in [2.24, 2.45) is 0 Å². The topological polar surface area (TPSA) is 45.1 Å². The van der Waals surface area contributed by atoms with Crippen molar-refractivity contribution >= 4 is 16.5 Å². The Hall–Kier alpha value is -0.610. The predicted octanol–water partition coefficient (Wildman–Crippen LogP) is 3.20. The van der Waals surface area contributed by atoms with Gasteiger partial charge in [0, 0.05) is 11.9 Å². The molecule has 17 heavy (non-hydrogen) atoms. The summed E-state index contributed by atoms with van der Waals surface area (Å²) in [4.78, 5) is 4.46. The van der Waals surface area contributed by atoms with Gasteiger partial charge in [-0.3, -0.25) is 0 Å². The molecular formula is C13H22N2OS. The summed E-state index contributed by atoms with van der Waals surface area (Å²) in [6, 6.07) is 0. The van der Waals surface area contributed by atoms with Crippen molar-refractivity contribution < 1.29 is 5.11 Å². The minimum absolute atomic E-state index is 0.519. The van der Waals surface area contributed by atoms with E-state index in [1.165, 1.54) is 12.8 Å². The van der Waals surface area contributed by atoms with E-state index >= 15 is 0 Å². The summed E-state index contributed by atoms with van der Waals surface area (Å²) in [5.74, 6) is 0. The number of aryl methyl sites for hydroxylation is 1. The Labute approximate surface area is 107 Å². The SMILES string of the molecule is CCc1csc(NCC2(O)CCCCCC2)n1. The van der Waals surface area contributed by atoms with Crippen molar-refractivity contribution in [2.75, 3.05) is 11.9 Å². The summed E-state index contributed by atoms with van der Waals surface area (Å²) < 4.78 is 0. The van der Waals surface area contributed by atoms with Crippen LogP contribution in [0.2, 0.25) is 0 Å². The molecule has 0 aliphatic heterocycles. The van der Waals surface area contributed by atoms with Crippen LogP contribution < -0.4 is 5.32 Å². The first-order valence-electron chi connectivity index (χ1n) is 6.62. The van der Waals surface area contributed by atoms with E-state index in [0.29, 0.717) is 6.54 Å². The fourth-order valence-corrected chi connectivity index (χ4v) is 3.15. The molecule has 0 unspecified atom stereocenters. The van der Waals surface area contributed by atoms with Gasteiger partial charge in [-0.25, -0.2) is 4.98 Å². The Morgan fingerprint density at radius 1 is 1.35 bits per heavy atom. The highest BCUT2D eigenvalue weighted by atomic mass is 32.1. The van der Waals surface area contributed by atoms with Crippen molar-refractivity contribution in [3.05, 3.63) is 11.1 Å². The highest BCUT2D eigenvalue weighted by Gasteiger charge is 2.27. The number of aliphatic hydroxyl groups is 1. The van der Waals surface area contributed by atoms with Gasteiger partial charge in [-0.1, -0.05) is 32.6 Å². The van der Waals surface area contributed by atoms with Gasteiger partial charge in [-0.15, -0.1) is 11.3 Å². The normalized spacial score (nSPS) is 19.9. The van der Waals surface area contributed by atoms with Crippen molar-refractivity contribution in [3.8, 4) is 0 Å². The number of anilines is 1.